The minimum atomic E-state index is -3.81. The van der Waals surface area contributed by atoms with Crippen LogP contribution in [0.2, 0.25) is 5.02 Å². The Morgan fingerprint density at radius 1 is 1.12 bits per heavy atom. The summed E-state index contributed by atoms with van der Waals surface area (Å²) in [5.74, 6) is -0.653. The second-order valence-electron chi connectivity index (χ2n) is 5.58. The van der Waals surface area contributed by atoms with Crippen LogP contribution in [0.3, 0.4) is 0 Å². The number of sulfonamides is 1. The van der Waals surface area contributed by atoms with Gasteiger partial charge in [-0.2, -0.15) is 4.31 Å². The number of nitrogens with two attached hydrogens (primary N) is 1. The van der Waals surface area contributed by atoms with Crippen molar-refractivity contribution in [3.05, 3.63) is 64.9 Å². The summed E-state index contributed by atoms with van der Waals surface area (Å²) >= 11 is 5.91. The summed E-state index contributed by atoms with van der Waals surface area (Å²) in [5.41, 5.74) is 7.14. The molecule has 3 rings (SSSR count). The average Bonchev–Trinajstić information content (AvgIpc) is 2.90. The van der Waals surface area contributed by atoms with E-state index in [0.29, 0.717) is 0 Å². The van der Waals surface area contributed by atoms with Crippen molar-refractivity contribution in [2.75, 3.05) is 13.1 Å². The molecule has 1 fully saturated rings. The minimum Gasteiger partial charge on any atom is -0.326 e. The fraction of sp³-hybridized carbons (Fsp3) is 0.250. The topological polar surface area (TPSA) is 63.4 Å². The molecule has 1 heterocycles. The summed E-state index contributed by atoms with van der Waals surface area (Å²) in [6.07, 6.45) is 0. The maximum atomic E-state index is 13.1. The monoisotopic (exact) mass is 390 g/mol. The molecule has 2 aromatic rings. The van der Waals surface area contributed by atoms with E-state index < -0.39 is 15.8 Å². The van der Waals surface area contributed by atoms with E-state index in [1.165, 1.54) is 10.4 Å². The third-order valence-electron chi connectivity index (χ3n) is 4.07. The Morgan fingerprint density at radius 3 is 2.42 bits per heavy atom. The highest BCUT2D eigenvalue weighted by Gasteiger charge is 2.39. The normalized spacial score (nSPS) is 21.5. The maximum absolute atomic E-state index is 13.1. The largest absolute Gasteiger partial charge is 0.326 e. The molecular weight excluding hydrogens is 374 g/mol. The summed E-state index contributed by atoms with van der Waals surface area (Å²) in [6.45, 7) is 0.483. The summed E-state index contributed by atoms with van der Waals surface area (Å²) in [4.78, 5) is -0.0959. The molecule has 0 amide bonds. The Balaban J connectivity index is 0.00000208. The summed E-state index contributed by atoms with van der Waals surface area (Å²) in [7, 11) is -3.81. The molecule has 1 saturated heterocycles. The van der Waals surface area contributed by atoms with Gasteiger partial charge in [-0.05, 0) is 23.8 Å². The summed E-state index contributed by atoms with van der Waals surface area (Å²) < 4.78 is 40.0. The average molecular weight is 391 g/mol. The van der Waals surface area contributed by atoms with Crippen LogP contribution in [0, 0.1) is 5.82 Å². The molecule has 2 N–H and O–H groups in total. The second-order valence-corrected chi connectivity index (χ2v) is 7.89. The van der Waals surface area contributed by atoms with Gasteiger partial charge >= 0.3 is 0 Å². The van der Waals surface area contributed by atoms with E-state index >= 15 is 0 Å². The number of hydrogen-bond donors (Lipinski definition) is 1. The van der Waals surface area contributed by atoms with Crippen molar-refractivity contribution < 1.29 is 12.8 Å². The molecule has 1 aliphatic rings. The van der Waals surface area contributed by atoms with Crippen molar-refractivity contribution in [3.63, 3.8) is 0 Å². The number of hydrogen-bond acceptors (Lipinski definition) is 3. The van der Waals surface area contributed by atoms with Crippen LogP contribution in [0.5, 0.6) is 0 Å². The molecule has 130 valence electrons. The number of benzene rings is 2. The van der Waals surface area contributed by atoms with Crippen molar-refractivity contribution in [2.24, 2.45) is 5.73 Å². The van der Waals surface area contributed by atoms with Gasteiger partial charge < -0.3 is 5.73 Å². The first kappa shape index (κ1) is 19.1. The minimum absolute atomic E-state index is 0. The lowest BCUT2D eigenvalue weighted by atomic mass is 9.95. The van der Waals surface area contributed by atoms with Gasteiger partial charge in [0.25, 0.3) is 0 Å². The molecule has 2 atom stereocenters. The Morgan fingerprint density at radius 2 is 1.79 bits per heavy atom. The molecule has 0 spiro atoms. The van der Waals surface area contributed by atoms with Gasteiger partial charge in [0, 0.05) is 25.0 Å². The molecule has 8 heteroatoms. The van der Waals surface area contributed by atoms with Gasteiger partial charge in [0.05, 0.1) is 5.02 Å². The number of halogens is 3. The first-order valence-electron chi connectivity index (χ1n) is 7.15. The van der Waals surface area contributed by atoms with Crippen molar-refractivity contribution >= 4 is 34.0 Å². The van der Waals surface area contributed by atoms with Crippen LogP contribution >= 0.6 is 24.0 Å². The molecule has 0 bridgehead atoms. The predicted molar refractivity (Wildman–Crippen MR) is 94.6 cm³/mol. The van der Waals surface area contributed by atoms with Gasteiger partial charge in [-0.1, -0.05) is 41.9 Å². The van der Waals surface area contributed by atoms with Gasteiger partial charge in [0.15, 0.2) is 0 Å². The predicted octanol–water partition coefficient (Wildman–Crippen LogP) is 3.02. The fourth-order valence-electron chi connectivity index (χ4n) is 2.86. The van der Waals surface area contributed by atoms with Crippen molar-refractivity contribution in [3.8, 4) is 0 Å². The zero-order valence-corrected chi connectivity index (χ0v) is 15.0. The van der Waals surface area contributed by atoms with E-state index in [1.54, 1.807) is 0 Å². The molecule has 24 heavy (non-hydrogen) atoms. The molecular formula is C16H17Cl2FN2O2S. The molecule has 0 aliphatic carbocycles. The highest BCUT2D eigenvalue weighted by atomic mass is 35.5. The zero-order valence-electron chi connectivity index (χ0n) is 12.6. The van der Waals surface area contributed by atoms with Gasteiger partial charge in [-0.15, -0.1) is 12.4 Å². The molecule has 2 aromatic carbocycles. The maximum Gasteiger partial charge on any atom is 0.244 e. The highest BCUT2D eigenvalue weighted by molar-refractivity contribution is 7.89. The van der Waals surface area contributed by atoms with Crippen LogP contribution in [-0.4, -0.2) is 31.9 Å². The lowest BCUT2D eigenvalue weighted by molar-refractivity contribution is 0.470. The van der Waals surface area contributed by atoms with Crippen LogP contribution in [0.1, 0.15) is 11.5 Å². The lowest BCUT2D eigenvalue weighted by Crippen LogP contribution is -2.32. The molecule has 0 saturated carbocycles. The van der Waals surface area contributed by atoms with Crippen molar-refractivity contribution in [1.82, 2.24) is 4.31 Å². The molecule has 1 aliphatic heterocycles. The Kier molecular flexibility index (Phi) is 5.88. The summed E-state index contributed by atoms with van der Waals surface area (Å²) in [6, 6.07) is 12.5. The fourth-order valence-corrected chi connectivity index (χ4v) is 4.87. The van der Waals surface area contributed by atoms with E-state index in [1.807, 2.05) is 30.3 Å². The van der Waals surface area contributed by atoms with Crippen LogP contribution < -0.4 is 5.73 Å². The third-order valence-corrected chi connectivity index (χ3v) is 6.39. The first-order valence-corrected chi connectivity index (χ1v) is 8.97. The lowest BCUT2D eigenvalue weighted by Gasteiger charge is -2.17. The molecule has 0 radical (unpaired) electrons. The van der Waals surface area contributed by atoms with Crippen LogP contribution in [-0.2, 0) is 10.0 Å². The van der Waals surface area contributed by atoms with E-state index in [2.05, 4.69) is 0 Å². The second kappa shape index (κ2) is 7.37. The Hall–Kier alpha value is -1.18. The quantitative estimate of drug-likeness (QED) is 0.875. The number of rotatable bonds is 3. The van der Waals surface area contributed by atoms with E-state index in [4.69, 9.17) is 17.3 Å². The molecule has 0 unspecified atom stereocenters. The number of nitrogens with zero attached hydrogens (tertiary/aromatic N) is 1. The van der Waals surface area contributed by atoms with Gasteiger partial charge in [-0.25, -0.2) is 12.8 Å². The van der Waals surface area contributed by atoms with E-state index in [0.717, 1.165) is 17.7 Å². The molecule has 4 nitrogen and oxygen atoms in total. The van der Waals surface area contributed by atoms with Gasteiger partial charge in [0.2, 0.25) is 10.0 Å². The highest BCUT2D eigenvalue weighted by Crippen LogP contribution is 2.32. The third kappa shape index (κ3) is 3.58. The van der Waals surface area contributed by atoms with Crippen LogP contribution in [0.25, 0.3) is 0 Å². The zero-order chi connectivity index (χ0) is 16.6. The molecule has 0 aromatic heterocycles. The van der Waals surface area contributed by atoms with E-state index in [9.17, 15) is 12.8 Å². The van der Waals surface area contributed by atoms with Gasteiger partial charge in [0.1, 0.15) is 10.7 Å². The van der Waals surface area contributed by atoms with Gasteiger partial charge in [-0.3, -0.25) is 0 Å². The SMILES string of the molecule is Cl.N[C@@H]1CN(S(=O)(=O)c2ccc(F)cc2Cl)C[C@H]1c1ccccc1. The standard InChI is InChI=1S/C16H16ClFN2O2S.ClH/c17-14-8-12(18)6-7-16(14)23(21,22)20-9-13(15(19)10-20)11-4-2-1-3-5-11;/h1-8,13,15H,9-10,19H2;1H/t13-,15+;/m0./s1. The van der Waals surface area contributed by atoms with Crippen LogP contribution in [0.15, 0.2) is 53.4 Å². The first-order chi connectivity index (χ1) is 10.9. The van der Waals surface area contributed by atoms with Crippen molar-refractivity contribution in [2.45, 2.75) is 16.9 Å². The smallest absolute Gasteiger partial charge is 0.244 e. The van der Waals surface area contributed by atoms with Crippen LogP contribution in [0.4, 0.5) is 4.39 Å². The summed E-state index contributed by atoms with van der Waals surface area (Å²) in [5, 5.41) is -0.123. The van der Waals surface area contributed by atoms with E-state index in [-0.39, 0.29) is 47.4 Å². The Bertz CT molecular complexity index is 818. The van der Waals surface area contributed by atoms with Crippen molar-refractivity contribution in [1.29, 1.82) is 0 Å². The Labute approximate surface area is 151 Å².